The van der Waals surface area contributed by atoms with E-state index in [4.69, 9.17) is 0 Å². The van der Waals surface area contributed by atoms with Gasteiger partial charge in [-0.15, -0.1) is 0 Å². The standard InChI is InChI=1S/C22H21N3O/c1-2-24-14-18(16-8-4-6-10-21(16)24)22(26)25-12-11-20-17(13-25)15-7-3-5-9-19(15)23-20/h3-10,14,23H,2,11-13H2,1H3. The maximum atomic E-state index is 13.3. The molecule has 4 nitrogen and oxygen atoms in total. The number of fused-ring (bicyclic) bond motifs is 4. The van der Waals surface area contributed by atoms with E-state index in [1.807, 2.05) is 29.3 Å². The summed E-state index contributed by atoms with van der Waals surface area (Å²) in [5.74, 6) is 0.129. The number of rotatable bonds is 2. The van der Waals surface area contributed by atoms with Gasteiger partial charge in [-0.3, -0.25) is 4.79 Å². The first-order valence-corrected chi connectivity index (χ1v) is 9.22. The van der Waals surface area contributed by atoms with Crippen LogP contribution in [0.1, 0.15) is 28.5 Å². The fourth-order valence-corrected chi connectivity index (χ4v) is 4.19. The summed E-state index contributed by atoms with van der Waals surface area (Å²) in [5.41, 5.74) is 5.63. The fourth-order valence-electron chi connectivity index (χ4n) is 4.19. The molecule has 1 aliphatic heterocycles. The van der Waals surface area contributed by atoms with Crippen molar-refractivity contribution < 1.29 is 4.79 Å². The van der Waals surface area contributed by atoms with Gasteiger partial charge >= 0.3 is 0 Å². The highest BCUT2D eigenvalue weighted by Gasteiger charge is 2.26. The molecule has 3 heterocycles. The van der Waals surface area contributed by atoms with Crippen LogP contribution in [-0.2, 0) is 19.5 Å². The van der Waals surface area contributed by atoms with Crippen LogP contribution in [0.5, 0.6) is 0 Å². The van der Waals surface area contributed by atoms with Gasteiger partial charge in [0.25, 0.3) is 5.91 Å². The van der Waals surface area contributed by atoms with Crippen molar-refractivity contribution >= 4 is 27.7 Å². The van der Waals surface area contributed by atoms with Gasteiger partial charge in [0.2, 0.25) is 0 Å². The lowest BCUT2D eigenvalue weighted by Gasteiger charge is -2.27. The Morgan fingerprint density at radius 1 is 1.08 bits per heavy atom. The number of amides is 1. The summed E-state index contributed by atoms with van der Waals surface area (Å²) >= 11 is 0. The van der Waals surface area contributed by atoms with E-state index < -0.39 is 0 Å². The van der Waals surface area contributed by atoms with Crippen LogP contribution in [0.4, 0.5) is 0 Å². The highest BCUT2D eigenvalue weighted by Crippen LogP contribution is 2.30. The number of aromatic nitrogens is 2. The van der Waals surface area contributed by atoms with E-state index in [-0.39, 0.29) is 5.91 Å². The highest BCUT2D eigenvalue weighted by atomic mass is 16.2. The van der Waals surface area contributed by atoms with Gasteiger partial charge in [-0.05, 0) is 19.1 Å². The summed E-state index contributed by atoms with van der Waals surface area (Å²) in [4.78, 5) is 18.8. The lowest BCUT2D eigenvalue weighted by atomic mass is 10.0. The fraction of sp³-hybridized carbons (Fsp3) is 0.227. The topological polar surface area (TPSA) is 41.0 Å². The van der Waals surface area contributed by atoms with Crippen molar-refractivity contribution in [2.45, 2.75) is 26.4 Å². The van der Waals surface area contributed by atoms with E-state index in [9.17, 15) is 4.79 Å². The number of carbonyl (C=O) groups is 1. The van der Waals surface area contributed by atoms with Gasteiger partial charge < -0.3 is 14.5 Å². The molecule has 1 amide bonds. The number of para-hydroxylation sites is 2. The molecule has 2 aromatic carbocycles. The summed E-state index contributed by atoms with van der Waals surface area (Å²) in [6.07, 6.45) is 2.89. The molecule has 0 spiro atoms. The average Bonchev–Trinajstić information content (AvgIpc) is 3.25. The molecule has 0 saturated carbocycles. The molecule has 1 aliphatic rings. The highest BCUT2D eigenvalue weighted by molar-refractivity contribution is 6.07. The minimum atomic E-state index is 0.129. The minimum Gasteiger partial charge on any atom is -0.358 e. The quantitative estimate of drug-likeness (QED) is 0.578. The third-order valence-electron chi connectivity index (χ3n) is 5.53. The minimum absolute atomic E-state index is 0.129. The molecule has 0 saturated heterocycles. The molecule has 0 atom stereocenters. The zero-order valence-electron chi connectivity index (χ0n) is 14.8. The molecular weight excluding hydrogens is 322 g/mol. The second kappa shape index (κ2) is 5.77. The number of benzene rings is 2. The zero-order valence-corrected chi connectivity index (χ0v) is 14.8. The molecule has 1 N–H and O–H groups in total. The van der Waals surface area contributed by atoms with E-state index in [0.717, 1.165) is 41.5 Å². The van der Waals surface area contributed by atoms with Crippen LogP contribution in [0, 0.1) is 0 Å². The van der Waals surface area contributed by atoms with Gasteiger partial charge in [0.15, 0.2) is 0 Å². The van der Waals surface area contributed by atoms with Crippen LogP contribution in [0.15, 0.2) is 54.7 Å². The molecule has 0 fully saturated rings. The summed E-state index contributed by atoms with van der Waals surface area (Å²) in [6, 6.07) is 16.5. The van der Waals surface area contributed by atoms with E-state index in [0.29, 0.717) is 6.54 Å². The Kier molecular flexibility index (Phi) is 3.38. The van der Waals surface area contributed by atoms with Crippen LogP contribution in [0.25, 0.3) is 21.8 Å². The Labute approximate surface area is 152 Å². The van der Waals surface area contributed by atoms with Crippen molar-refractivity contribution in [3.63, 3.8) is 0 Å². The largest absolute Gasteiger partial charge is 0.358 e. The third kappa shape index (κ3) is 2.18. The molecule has 0 aliphatic carbocycles. The number of hydrogen-bond donors (Lipinski definition) is 1. The van der Waals surface area contributed by atoms with Crippen LogP contribution in [0.2, 0.25) is 0 Å². The maximum Gasteiger partial charge on any atom is 0.256 e. The number of nitrogens with one attached hydrogen (secondary N) is 1. The number of nitrogens with zero attached hydrogens (tertiary/aromatic N) is 2. The number of aryl methyl sites for hydroxylation is 1. The second-order valence-electron chi connectivity index (χ2n) is 6.95. The zero-order chi connectivity index (χ0) is 17.7. The number of carbonyl (C=O) groups excluding carboxylic acids is 1. The lowest BCUT2D eigenvalue weighted by Crippen LogP contribution is -2.35. The van der Waals surface area contributed by atoms with Gasteiger partial charge in [-0.25, -0.2) is 0 Å². The first kappa shape index (κ1) is 15.3. The normalized spacial score (nSPS) is 14.1. The van der Waals surface area contributed by atoms with Crippen molar-refractivity contribution in [2.75, 3.05) is 6.54 Å². The van der Waals surface area contributed by atoms with Crippen molar-refractivity contribution in [1.29, 1.82) is 0 Å². The van der Waals surface area contributed by atoms with E-state index >= 15 is 0 Å². The van der Waals surface area contributed by atoms with Gasteiger partial charge in [0, 0.05) is 65.3 Å². The molecular formula is C22H21N3O. The van der Waals surface area contributed by atoms with Crippen molar-refractivity contribution in [1.82, 2.24) is 14.5 Å². The molecule has 0 bridgehead atoms. The Hall–Kier alpha value is -3.01. The summed E-state index contributed by atoms with van der Waals surface area (Å²) in [6.45, 7) is 4.40. The summed E-state index contributed by atoms with van der Waals surface area (Å²) in [7, 11) is 0. The molecule has 4 heteroatoms. The van der Waals surface area contributed by atoms with Crippen molar-refractivity contribution in [3.8, 4) is 0 Å². The van der Waals surface area contributed by atoms with Crippen LogP contribution in [0.3, 0.4) is 0 Å². The Bertz CT molecular complexity index is 1130. The third-order valence-corrected chi connectivity index (χ3v) is 5.53. The predicted molar refractivity (Wildman–Crippen MR) is 104 cm³/mol. The van der Waals surface area contributed by atoms with E-state index in [2.05, 4.69) is 46.8 Å². The van der Waals surface area contributed by atoms with Crippen molar-refractivity contribution in [3.05, 3.63) is 71.5 Å². The van der Waals surface area contributed by atoms with E-state index in [1.165, 1.54) is 16.6 Å². The van der Waals surface area contributed by atoms with Crippen LogP contribution in [-0.4, -0.2) is 26.9 Å². The molecule has 0 unspecified atom stereocenters. The average molecular weight is 343 g/mol. The molecule has 2 aromatic heterocycles. The van der Waals surface area contributed by atoms with Crippen LogP contribution < -0.4 is 0 Å². The van der Waals surface area contributed by atoms with Gasteiger partial charge in [0.1, 0.15) is 0 Å². The molecule has 4 aromatic rings. The van der Waals surface area contributed by atoms with E-state index in [1.54, 1.807) is 0 Å². The number of hydrogen-bond acceptors (Lipinski definition) is 1. The van der Waals surface area contributed by atoms with Crippen LogP contribution >= 0.6 is 0 Å². The smallest absolute Gasteiger partial charge is 0.256 e. The molecule has 130 valence electrons. The summed E-state index contributed by atoms with van der Waals surface area (Å²) < 4.78 is 2.16. The Morgan fingerprint density at radius 3 is 2.69 bits per heavy atom. The lowest BCUT2D eigenvalue weighted by molar-refractivity contribution is 0.0737. The molecule has 5 rings (SSSR count). The predicted octanol–water partition coefficient (Wildman–Crippen LogP) is 4.34. The monoisotopic (exact) mass is 343 g/mol. The first-order valence-electron chi connectivity index (χ1n) is 9.22. The first-order chi connectivity index (χ1) is 12.8. The Balaban J connectivity index is 1.54. The number of H-pyrrole nitrogens is 1. The van der Waals surface area contributed by atoms with Crippen molar-refractivity contribution in [2.24, 2.45) is 0 Å². The molecule has 0 radical (unpaired) electrons. The van der Waals surface area contributed by atoms with Gasteiger partial charge in [-0.2, -0.15) is 0 Å². The van der Waals surface area contributed by atoms with Gasteiger partial charge in [-0.1, -0.05) is 36.4 Å². The molecule has 26 heavy (non-hydrogen) atoms. The summed E-state index contributed by atoms with van der Waals surface area (Å²) in [5, 5.41) is 2.28. The Morgan fingerprint density at radius 2 is 1.85 bits per heavy atom. The second-order valence-corrected chi connectivity index (χ2v) is 6.95. The van der Waals surface area contributed by atoms with Gasteiger partial charge in [0.05, 0.1) is 5.56 Å². The maximum absolute atomic E-state index is 13.3. The SMILES string of the molecule is CCn1cc(C(=O)N2CCc3[nH]c4ccccc4c3C2)c2ccccc21. The number of aromatic amines is 1.